The Labute approximate surface area is 478 Å². The molecule has 9 heterocycles. The zero-order valence-electron chi connectivity index (χ0n) is 40.8. The second-order valence-electron chi connectivity index (χ2n) is 17.9. The lowest BCUT2D eigenvalue weighted by Gasteiger charge is -2.26. The van der Waals surface area contributed by atoms with Crippen LogP contribution in [0.15, 0.2) is 101 Å². The van der Waals surface area contributed by atoms with E-state index in [0.29, 0.717) is 41.3 Å². The quantitative estimate of drug-likeness (QED) is 0.0682. The molecule has 0 radical (unpaired) electrons. The molecule has 19 nitrogen and oxygen atoms in total. The number of aromatic nitrogens is 3. The van der Waals surface area contributed by atoms with Crippen LogP contribution in [0.2, 0.25) is 0 Å². The molecular weight excluding hydrogens is 1230 g/mol. The number of pyridine rings is 3. The van der Waals surface area contributed by atoms with E-state index >= 15 is 0 Å². The number of benzene rings is 2. The molecule has 2 atom stereocenters. The van der Waals surface area contributed by atoms with Crippen molar-refractivity contribution in [1.29, 1.82) is 0 Å². The van der Waals surface area contributed by atoms with Crippen LogP contribution in [-0.2, 0) is 22.7 Å². The monoisotopic (exact) mass is 1290 g/mol. The Balaban J connectivity index is 0.000000187. The van der Waals surface area contributed by atoms with Gasteiger partial charge in [-0.1, -0.05) is 44.7 Å². The first-order chi connectivity index (χ1) is 36.1. The number of imide groups is 2. The number of urea groups is 2. The molecule has 11 rings (SSSR count). The van der Waals surface area contributed by atoms with E-state index in [2.05, 4.69) is 124 Å². The number of hydrogen-bond donors (Lipinski definition) is 4. The summed E-state index contributed by atoms with van der Waals surface area (Å²) in [5.41, 5.74) is 2.45. The van der Waals surface area contributed by atoms with E-state index in [4.69, 9.17) is 15.9 Å². The van der Waals surface area contributed by atoms with Gasteiger partial charge in [-0.3, -0.25) is 44.8 Å². The number of hydrogen-bond acceptors (Lipinski definition) is 13. The lowest BCUT2D eigenvalue weighted by atomic mass is 9.99. The number of methoxy groups -OCH3 is 2. The molecule has 0 bridgehead atoms. The minimum atomic E-state index is -1.55. The van der Waals surface area contributed by atoms with Crippen molar-refractivity contribution in [1.82, 2.24) is 46.0 Å². The van der Waals surface area contributed by atoms with Crippen molar-refractivity contribution in [3.05, 3.63) is 132 Å². The van der Waals surface area contributed by atoms with Gasteiger partial charge >= 0.3 is 12.1 Å². The van der Waals surface area contributed by atoms with E-state index in [9.17, 15) is 28.8 Å². The largest absolute Gasteiger partial charge is 0.497 e. The summed E-state index contributed by atoms with van der Waals surface area (Å²) < 4.78 is 13.6. The predicted octanol–water partition coefficient (Wildman–Crippen LogP) is 7.30. The zero-order valence-corrected chi connectivity index (χ0v) is 46.1. The van der Waals surface area contributed by atoms with E-state index in [1.54, 1.807) is 48.9 Å². The van der Waals surface area contributed by atoms with Crippen molar-refractivity contribution < 1.29 is 38.2 Å². The normalized spacial score (nSPS) is 19.3. The summed E-state index contributed by atoms with van der Waals surface area (Å²) in [4.78, 5) is 93.4. The summed E-state index contributed by atoms with van der Waals surface area (Å²) in [6.07, 6.45) is 21.1. The number of anilines is 2. The topological polar surface area (TPSA) is 221 Å². The highest BCUT2D eigenvalue weighted by Gasteiger charge is 2.49. The molecule has 6 aliphatic heterocycles. The highest BCUT2D eigenvalue weighted by Crippen LogP contribution is 2.31. The molecule has 402 valence electrons. The van der Waals surface area contributed by atoms with Gasteiger partial charge in [0.05, 0.1) is 51.1 Å². The van der Waals surface area contributed by atoms with Crippen LogP contribution < -0.4 is 40.5 Å². The number of nitrogens with zero attached hydrogens (tertiary/aromatic N) is 7. The summed E-state index contributed by atoms with van der Waals surface area (Å²) in [6, 6.07) is 15.3. The Hall–Kier alpha value is -7.28. The fourth-order valence-corrected chi connectivity index (χ4v) is 10.6. The minimum absolute atomic E-state index is 0. The summed E-state index contributed by atoms with van der Waals surface area (Å²) in [5, 5.41) is 9.39. The van der Waals surface area contributed by atoms with Gasteiger partial charge in [-0.05, 0) is 134 Å². The van der Waals surface area contributed by atoms with Gasteiger partial charge in [0.15, 0.2) is 5.54 Å². The van der Waals surface area contributed by atoms with Crippen molar-refractivity contribution in [2.24, 2.45) is 0 Å². The van der Waals surface area contributed by atoms with E-state index < -0.39 is 35.0 Å². The number of terminal acetylenes is 1. The molecule has 77 heavy (non-hydrogen) atoms. The smallest absolute Gasteiger partial charge is 0.323 e. The number of fused-ring (bicyclic) bond motifs is 2. The van der Waals surface area contributed by atoms with Crippen LogP contribution >= 0.6 is 54.5 Å². The fraction of sp³-hybridized carbons (Fsp3) is 0.327. The van der Waals surface area contributed by atoms with Gasteiger partial charge in [0.2, 0.25) is 5.54 Å². The van der Waals surface area contributed by atoms with E-state index in [0.717, 1.165) is 55.3 Å². The maximum absolute atomic E-state index is 13.0. The van der Waals surface area contributed by atoms with Gasteiger partial charge in [0.1, 0.15) is 11.5 Å². The number of halogens is 3. The maximum Gasteiger partial charge on any atom is 0.323 e. The van der Waals surface area contributed by atoms with Crippen LogP contribution in [0.3, 0.4) is 0 Å². The first kappa shape index (κ1) is 59.0. The molecular formula is C55H58Br2IN11O8. The van der Waals surface area contributed by atoms with Crippen molar-refractivity contribution in [2.75, 3.05) is 63.3 Å². The molecule has 6 aliphatic rings. The Bertz CT molecular complexity index is 3140. The van der Waals surface area contributed by atoms with E-state index in [-0.39, 0.29) is 39.8 Å². The number of rotatable bonds is 8. The third kappa shape index (κ3) is 14.0. The molecule has 2 aromatic carbocycles. The van der Waals surface area contributed by atoms with Crippen LogP contribution in [0.25, 0.3) is 0 Å². The third-order valence-electron chi connectivity index (χ3n) is 12.8. The molecule has 4 saturated heterocycles. The standard InChI is InChI=1S/C24H23N5O4.C15H13N3O4.C9H11BrN2.C5H3BrIN.2CH4/c1-33-19-5-4-17-14-29(21(30)20(17)11-19)15-24(22(31)26-23(32)27-24)7-6-16-10-18(13-25-12-16)28-8-2-3-9-28;1-3-15(13(20)16-14(21)17-15)8-18-7-9-4-5-10(22-2)6-11(9)12(18)19;10-8-5-9(7-11-6-8)12-3-1-2-4-12;6-4-1-5(7)3-8-2-4;;/h4-5,10-13H,2-3,8-9,14-15H2,1H3,(H2,26,27,31,32);1,4-6H,7-8H2,2H3,(H2,16,17,20,21);5-7H,1-4H2;1-3H;2*1H4/t24-;15-;;;;/m11..../s1. The van der Waals surface area contributed by atoms with Gasteiger partial charge in [-0.25, -0.2) is 9.59 Å². The molecule has 22 heteroatoms. The SMILES string of the molecule is Brc1cncc(I)c1.Brc1cncc(N2CCCC2)c1.C.C.C#C[C@]1(CN2Cc3ccc(OC)cc3C2=O)NC(=O)NC1=O.COc1ccc2c(c1)C(=O)N(C[C@@]1(C#Cc3cncc(N4CCCC4)c3)NC(=O)NC1=O)C2. The fourth-order valence-electron chi connectivity index (χ4n) is 9.00. The minimum Gasteiger partial charge on any atom is -0.497 e. The van der Waals surface area contributed by atoms with Crippen LogP contribution in [0.4, 0.5) is 21.0 Å². The molecule has 4 fully saturated rings. The number of nitrogens with one attached hydrogen (secondary N) is 4. The molecule has 0 saturated carbocycles. The molecule has 5 aromatic rings. The lowest BCUT2D eigenvalue weighted by Crippen LogP contribution is -2.54. The van der Waals surface area contributed by atoms with Crippen LogP contribution in [0.5, 0.6) is 11.5 Å². The Morgan fingerprint density at radius 3 is 1.51 bits per heavy atom. The number of amides is 8. The van der Waals surface area contributed by atoms with Gasteiger partial charge in [0.25, 0.3) is 23.6 Å². The van der Waals surface area contributed by atoms with Gasteiger partial charge in [0, 0.05) is 93.3 Å². The van der Waals surface area contributed by atoms with Gasteiger partial charge < -0.3 is 39.7 Å². The highest BCUT2D eigenvalue weighted by molar-refractivity contribution is 14.1. The van der Waals surface area contributed by atoms with E-state index in [1.165, 1.54) is 55.6 Å². The molecule has 8 amide bonds. The van der Waals surface area contributed by atoms with Crippen molar-refractivity contribution >= 4 is 102 Å². The average molecular weight is 1290 g/mol. The second kappa shape index (κ2) is 26.2. The maximum atomic E-state index is 13.0. The summed E-state index contributed by atoms with van der Waals surface area (Å²) in [5.74, 6) is 7.69. The average Bonchev–Trinajstić information content (AvgIpc) is 4.30. The van der Waals surface area contributed by atoms with Crippen molar-refractivity contribution in [2.45, 2.75) is 64.7 Å². The summed E-state index contributed by atoms with van der Waals surface area (Å²) in [6.45, 7) is 4.79. The molecule has 4 N–H and O–H groups in total. The predicted molar refractivity (Wildman–Crippen MR) is 307 cm³/mol. The molecule has 0 aliphatic carbocycles. The number of carbonyl (C=O) groups is 6. The van der Waals surface area contributed by atoms with Crippen molar-refractivity contribution in [3.63, 3.8) is 0 Å². The van der Waals surface area contributed by atoms with Gasteiger partial charge in [-0.15, -0.1) is 6.42 Å². The first-order valence-electron chi connectivity index (χ1n) is 23.6. The van der Waals surface area contributed by atoms with Crippen LogP contribution in [0.1, 0.15) is 77.9 Å². The van der Waals surface area contributed by atoms with Crippen molar-refractivity contribution in [3.8, 4) is 35.7 Å². The number of ether oxygens (including phenoxy) is 2. The lowest BCUT2D eigenvalue weighted by molar-refractivity contribution is -0.123. The Morgan fingerprint density at radius 2 is 1.08 bits per heavy atom. The first-order valence-corrected chi connectivity index (χ1v) is 26.3. The third-order valence-corrected chi connectivity index (χ3v) is 14.3. The summed E-state index contributed by atoms with van der Waals surface area (Å²) in [7, 11) is 3.06. The highest BCUT2D eigenvalue weighted by atomic mass is 127. The summed E-state index contributed by atoms with van der Waals surface area (Å²) >= 11 is 8.93. The van der Waals surface area contributed by atoms with Crippen LogP contribution in [0, 0.1) is 27.8 Å². The second-order valence-corrected chi connectivity index (χ2v) is 21.0. The molecule has 0 spiro atoms. The van der Waals surface area contributed by atoms with Crippen LogP contribution in [-0.4, -0.2) is 125 Å². The zero-order chi connectivity index (χ0) is 53.3. The van der Waals surface area contributed by atoms with E-state index in [1.807, 2.05) is 36.8 Å². The Morgan fingerprint density at radius 1 is 0.623 bits per heavy atom. The molecule has 0 unspecified atom stereocenters. The van der Waals surface area contributed by atoms with Gasteiger partial charge in [-0.2, -0.15) is 0 Å². The molecule has 3 aromatic heterocycles. The Kier molecular flexibility index (Phi) is 20.0. The number of carbonyl (C=O) groups excluding carboxylic acids is 6.